The Kier molecular flexibility index (Phi) is 4.39. The minimum Gasteiger partial charge on any atom is -0.480 e. The predicted molar refractivity (Wildman–Crippen MR) is 71.9 cm³/mol. The molecule has 0 bridgehead atoms. The second-order valence-corrected chi connectivity index (χ2v) is 5.49. The van der Waals surface area contributed by atoms with Crippen LogP contribution in [0.15, 0.2) is 6.33 Å². The van der Waals surface area contributed by atoms with Crippen molar-refractivity contribution in [3.05, 3.63) is 17.7 Å². The Bertz CT molecular complexity index is 498. The molecule has 110 valence electrons. The Morgan fingerprint density at radius 3 is 2.95 bits per heavy atom. The number of carboxylic acids is 1. The monoisotopic (exact) mass is 280 g/mol. The maximum Gasteiger partial charge on any atom is 0.326 e. The molecule has 0 saturated heterocycles. The first kappa shape index (κ1) is 14.5. The molecule has 7 heteroatoms. The molecule has 2 unspecified atom stereocenters. The Balaban J connectivity index is 1.96. The second-order valence-electron chi connectivity index (χ2n) is 5.49. The smallest absolute Gasteiger partial charge is 0.326 e. The van der Waals surface area contributed by atoms with Gasteiger partial charge in [-0.25, -0.2) is 9.78 Å². The lowest BCUT2D eigenvalue weighted by molar-refractivity contribution is -0.142. The number of amides is 1. The molecule has 2 atom stereocenters. The summed E-state index contributed by atoms with van der Waals surface area (Å²) in [6.07, 6.45) is 2.49. The number of aromatic nitrogens is 2. The molecule has 1 aromatic heterocycles. The second kappa shape index (κ2) is 6.04. The lowest BCUT2D eigenvalue weighted by Crippen LogP contribution is -2.52. The van der Waals surface area contributed by atoms with E-state index in [1.807, 2.05) is 13.8 Å². The highest BCUT2D eigenvalue weighted by Crippen LogP contribution is 2.13. The molecule has 4 N–H and O–H groups in total. The lowest BCUT2D eigenvalue weighted by atomic mass is 10.0. The Hall–Kier alpha value is -1.89. The average Bonchev–Trinajstić information content (AvgIpc) is 2.84. The van der Waals surface area contributed by atoms with Gasteiger partial charge in [-0.2, -0.15) is 0 Å². The summed E-state index contributed by atoms with van der Waals surface area (Å²) in [4.78, 5) is 30.5. The first-order chi connectivity index (χ1) is 9.47. The van der Waals surface area contributed by atoms with Gasteiger partial charge in [0.15, 0.2) is 0 Å². The SMILES string of the molecule is CC(C)CC(NC(=O)C1Cc2nc[nH]c2CN1)C(=O)O. The lowest BCUT2D eigenvalue weighted by Gasteiger charge is -2.24. The molecule has 0 fully saturated rings. The Morgan fingerprint density at radius 2 is 2.30 bits per heavy atom. The first-order valence-corrected chi connectivity index (χ1v) is 6.75. The fraction of sp³-hybridized carbons (Fsp3) is 0.615. The summed E-state index contributed by atoms with van der Waals surface area (Å²) in [5.74, 6) is -1.08. The number of H-pyrrole nitrogens is 1. The van der Waals surface area contributed by atoms with Crippen molar-refractivity contribution in [2.75, 3.05) is 0 Å². The number of carbonyl (C=O) groups excluding carboxylic acids is 1. The van der Waals surface area contributed by atoms with E-state index in [0.717, 1.165) is 11.4 Å². The van der Waals surface area contributed by atoms with Crippen molar-refractivity contribution in [1.29, 1.82) is 0 Å². The van der Waals surface area contributed by atoms with E-state index >= 15 is 0 Å². The highest BCUT2D eigenvalue weighted by atomic mass is 16.4. The minimum absolute atomic E-state index is 0.202. The van der Waals surface area contributed by atoms with Crippen LogP contribution in [-0.4, -0.2) is 39.0 Å². The summed E-state index contributed by atoms with van der Waals surface area (Å²) in [5.41, 5.74) is 1.84. The molecule has 2 rings (SSSR count). The molecule has 2 heterocycles. The van der Waals surface area contributed by atoms with Gasteiger partial charge in [-0.05, 0) is 12.3 Å². The van der Waals surface area contributed by atoms with Crippen LogP contribution in [0.4, 0.5) is 0 Å². The molecule has 0 aromatic carbocycles. The van der Waals surface area contributed by atoms with Crippen molar-refractivity contribution < 1.29 is 14.7 Å². The average molecular weight is 280 g/mol. The molecular formula is C13H20N4O3. The van der Waals surface area contributed by atoms with Crippen LogP contribution in [0.1, 0.15) is 31.7 Å². The number of fused-ring (bicyclic) bond motifs is 1. The minimum atomic E-state index is -0.997. The van der Waals surface area contributed by atoms with E-state index in [-0.39, 0.29) is 11.8 Å². The van der Waals surface area contributed by atoms with Gasteiger partial charge in [0.1, 0.15) is 6.04 Å². The molecule has 0 spiro atoms. The molecule has 7 nitrogen and oxygen atoms in total. The van der Waals surface area contributed by atoms with E-state index in [1.54, 1.807) is 6.33 Å². The first-order valence-electron chi connectivity index (χ1n) is 6.75. The van der Waals surface area contributed by atoms with E-state index in [2.05, 4.69) is 20.6 Å². The van der Waals surface area contributed by atoms with E-state index < -0.39 is 18.1 Å². The van der Waals surface area contributed by atoms with Crippen molar-refractivity contribution in [2.24, 2.45) is 5.92 Å². The van der Waals surface area contributed by atoms with Crippen LogP contribution in [0.2, 0.25) is 0 Å². The van der Waals surface area contributed by atoms with Gasteiger partial charge in [0.05, 0.1) is 23.8 Å². The predicted octanol–water partition coefficient (Wildman–Crippen LogP) is 0.0395. The van der Waals surface area contributed by atoms with Crippen LogP contribution in [0, 0.1) is 5.92 Å². The van der Waals surface area contributed by atoms with Crippen molar-refractivity contribution in [1.82, 2.24) is 20.6 Å². The Labute approximate surface area is 117 Å². The van der Waals surface area contributed by atoms with Gasteiger partial charge in [0, 0.05) is 13.0 Å². The summed E-state index contributed by atoms with van der Waals surface area (Å²) >= 11 is 0. The number of aliphatic carboxylic acids is 1. The normalized spacial score (nSPS) is 19.4. The van der Waals surface area contributed by atoms with Crippen molar-refractivity contribution >= 4 is 11.9 Å². The third-order valence-electron chi connectivity index (χ3n) is 3.37. The van der Waals surface area contributed by atoms with Crippen molar-refractivity contribution in [2.45, 2.75) is 45.3 Å². The van der Waals surface area contributed by atoms with Crippen LogP contribution in [-0.2, 0) is 22.6 Å². The van der Waals surface area contributed by atoms with E-state index in [9.17, 15) is 9.59 Å². The summed E-state index contributed by atoms with van der Waals surface area (Å²) < 4.78 is 0. The van der Waals surface area contributed by atoms with Crippen LogP contribution >= 0.6 is 0 Å². The number of hydrogen-bond donors (Lipinski definition) is 4. The maximum absolute atomic E-state index is 12.2. The zero-order valence-electron chi connectivity index (χ0n) is 11.6. The van der Waals surface area contributed by atoms with Gasteiger partial charge in [-0.1, -0.05) is 13.8 Å². The number of carbonyl (C=O) groups is 2. The van der Waals surface area contributed by atoms with Crippen LogP contribution in [0.3, 0.4) is 0 Å². The molecule has 1 aromatic rings. The maximum atomic E-state index is 12.2. The topological polar surface area (TPSA) is 107 Å². The fourth-order valence-corrected chi connectivity index (χ4v) is 2.32. The molecule has 1 aliphatic rings. The van der Waals surface area contributed by atoms with E-state index in [0.29, 0.717) is 19.4 Å². The summed E-state index contributed by atoms with van der Waals surface area (Å²) in [7, 11) is 0. The van der Waals surface area contributed by atoms with E-state index in [4.69, 9.17) is 5.11 Å². The third kappa shape index (κ3) is 3.36. The largest absolute Gasteiger partial charge is 0.480 e. The number of rotatable bonds is 5. The molecule has 1 aliphatic heterocycles. The molecule has 0 aliphatic carbocycles. The van der Waals surface area contributed by atoms with Crippen LogP contribution < -0.4 is 10.6 Å². The number of nitrogens with one attached hydrogen (secondary N) is 3. The Morgan fingerprint density at radius 1 is 1.55 bits per heavy atom. The molecule has 0 radical (unpaired) electrons. The van der Waals surface area contributed by atoms with Gasteiger partial charge < -0.3 is 15.4 Å². The highest BCUT2D eigenvalue weighted by molar-refractivity contribution is 5.87. The summed E-state index contributed by atoms with van der Waals surface area (Å²) in [6.45, 7) is 4.39. The van der Waals surface area contributed by atoms with Gasteiger partial charge >= 0.3 is 5.97 Å². The summed E-state index contributed by atoms with van der Waals surface area (Å²) in [5, 5.41) is 14.8. The number of hydrogen-bond acceptors (Lipinski definition) is 4. The standard InChI is InChI=1S/C13H20N4O3/c1-7(2)3-10(13(19)20)17-12(18)9-4-8-11(5-14-9)16-6-15-8/h6-7,9-10,14H,3-5H2,1-2H3,(H,15,16)(H,17,18)(H,19,20). The number of carboxylic acid groups (broad SMARTS) is 1. The quantitative estimate of drug-likeness (QED) is 0.609. The number of imidazole rings is 1. The molecular weight excluding hydrogens is 260 g/mol. The van der Waals surface area contributed by atoms with Crippen LogP contribution in [0.5, 0.6) is 0 Å². The number of nitrogens with zero attached hydrogens (tertiary/aromatic N) is 1. The highest BCUT2D eigenvalue weighted by Gasteiger charge is 2.29. The molecule has 0 saturated carbocycles. The zero-order valence-corrected chi connectivity index (χ0v) is 11.6. The van der Waals surface area contributed by atoms with Gasteiger partial charge in [0.25, 0.3) is 0 Å². The zero-order chi connectivity index (χ0) is 14.7. The van der Waals surface area contributed by atoms with Gasteiger partial charge in [-0.3, -0.25) is 10.1 Å². The molecule has 20 heavy (non-hydrogen) atoms. The van der Waals surface area contributed by atoms with E-state index in [1.165, 1.54) is 0 Å². The van der Waals surface area contributed by atoms with Crippen molar-refractivity contribution in [3.8, 4) is 0 Å². The molecule has 1 amide bonds. The fourth-order valence-electron chi connectivity index (χ4n) is 2.32. The van der Waals surface area contributed by atoms with Crippen molar-refractivity contribution in [3.63, 3.8) is 0 Å². The van der Waals surface area contributed by atoms with Crippen LogP contribution in [0.25, 0.3) is 0 Å². The summed E-state index contributed by atoms with van der Waals surface area (Å²) in [6, 6.07) is -1.27. The third-order valence-corrected chi connectivity index (χ3v) is 3.37. The van der Waals surface area contributed by atoms with Gasteiger partial charge in [0.2, 0.25) is 5.91 Å². The van der Waals surface area contributed by atoms with Gasteiger partial charge in [-0.15, -0.1) is 0 Å². The number of aromatic amines is 1.